The van der Waals surface area contributed by atoms with Crippen molar-refractivity contribution in [3.63, 3.8) is 0 Å². The van der Waals surface area contributed by atoms with E-state index in [0.717, 1.165) is 30.6 Å². The van der Waals surface area contributed by atoms with Gasteiger partial charge in [-0.15, -0.1) is 0 Å². The van der Waals surface area contributed by atoms with Crippen molar-refractivity contribution < 1.29 is 18.3 Å². The fraction of sp³-hybridized carbons (Fsp3) is 0.600. The molecule has 2 rings (SSSR count). The molecule has 2 unspecified atom stereocenters. The predicted octanol–water partition coefficient (Wildman–Crippen LogP) is 2.86. The topological polar surface area (TPSA) is 35.5 Å². The Balaban J connectivity index is 2.15. The Morgan fingerprint density at radius 1 is 1.38 bits per heavy atom. The monoisotopic (exact) mass is 302 g/mol. The first kappa shape index (κ1) is 16.1. The van der Waals surface area contributed by atoms with E-state index in [4.69, 9.17) is 0 Å². The van der Waals surface area contributed by atoms with Gasteiger partial charge in [0.05, 0.1) is 6.54 Å². The number of hydrogen-bond acceptors (Lipinski definition) is 3. The van der Waals surface area contributed by atoms with Crippen LogP contribution in [0.25, 0.3) is 0 Å². The molecule has 6 heteroatoms. The van der Waals surface area contributed by atoms with Gasteiger partial charge in [-0.2, -0.15) is 13.2 Å². The molecule has 0 saturated heterocycles. The van der Waals surface area contributed by atoms with E-state index in [0.29, 0.717) is 6.54 Å². The highest BCUT2D eigenvalue weighted by molar-refractivity contribution is 5.57. The van der Waals surface area contributed by atoms with E-state index >= 15 is 0 Å². The third-order valence-corrected chi connectivity index (χ3v) is 3.75. The molecule has 0 aromatic heterocycles. The maximum Gasteiger partial charge on any atom is 0.416 e. The van der Waals surface area contributed by atoms with E-state index in [9.17, 15) is 18.3 Å². The van der Waals surface area contributed by atoms with E-state index in [-0.39, 0.29) is 6.04 Å². The highest BCUT2D eigenvalue weighted by Gasteiger charge is 2.40. The van der Waals surface area contributed by atoms with Crippen LogP contribution in [0.15, 0.2) is 24.3 Å². The van der Waals surface area contributed by atoms with E-state index < -0.39 is 18.8 Å². The molecule has 0 aliphatic carbocycles. The van der Waals surface area contributed by atoms with Gasteiger partial charge in [-0.05, 0) is 31.0 Å². The van der Waals surface area contributed by atoms with Gasteiger partial charge in [-0.25, -0.2) is 0 Å². The average molecular weight is 302 g/mol. The van der Waals surface area contributed by atoms with Crippen molar-refractivity contribution in [1.82, 2.24) is 5.32 Å². The summed E-state index contributed by atoms with van der Waals surface area (Å²) in [6.07, 6.45) is -5.14. The largest absolute Gasteiger partial charge is 0.416 e. The van der Waals surface area contributed by atoms with Crippen LogP contribution in [0.3, 0.4) is 0 Å². The van der Waals surface area contributed by atoms with E-state index in [1.807, 2.05) is 24.3 Å². The summed E-state index contributed by atoms with van der Waals surface area (Å²) in [6.45, 7) is 3.05. The lowest BCUT2D eigenvalue weighted by atomic mass is 9.96. The van der Waals surface area contributed by atoms with Crippen LogP contribution in [-0.2, 0) is 0 Å². The van der Waals surface area contributed by atoms with Gasteiger partial charge in [-0.3, -0.25) is 0 Å². The molecule has 1 aromatic carbocycles. The van der Waals surface area contributed by atoms with Crippen molar-refractivity contribution in [1.29, 1.82) is 0 Å². The molecule has 3 nitrogen and oxygen atoms in total. The number of anilines is 1. The van der Waals surface area contributed by atoms with Crippen molar-refractivity contribution in [3.05, 3.63) is 29.8 Å². The Labute approximate surface area is 122 Å². The normalized spacial score (nSPS) is 20.2. The Hall–Kier alpha value is -1.27. The summed E-state index contributed by atoms with van der Waals surface area (Å²) in [6, 6.07) is 7.63. The zero-order valence-corrected chi connectivity index (χ0v) is 12.0. The molecule has 1 heterocycles. The molecule has 1 aliphatic rings. The van der Waals surface area contributed by atoms with Crippen LogP contribution in [0, 0.1) is 0 Å². The molecule has 0 saturated carbocycles. The number of alkyl halides is 3. The van der Waals surface area contributed by atoms with Gasteiger partial charge < -0.3 is 15.3 Å². The van der Waals surface area contributed by atoms with E-state index in [1.54, 1.807) is 4.90 Å². The summed E-state index contributed by atoms with van der Waals surface area (Å²) in [4.78, 5) is 1.62. The number of nitrogens with zero attached hydrogens (tertiary/aromatic N) is 1. The summed E-state index contributed by atoms with van der Waals surface area (Å²) in [5, 5.41) is 12.7. The molecule has 0 radical (unpaired) electrons. The summed E-state index contributed by atoms with van der Waals surface area (Å²) >= 11 is 0. The van der Waals surface area contributed by atoms with Gasteiger partial charge in [0.25, 0.3) is 0 Å². The fourth-order valence-corrected chi connectivity index (χ4v) is 2.66. The van der Waals surface area contributed by atoms with Crippen LogP contribution >= 0.6 is 0 Å². The Bertz CT molecular complexity index is 464. The third kappa shape index (κ3) is 3.89. The molecule has 1 aromatic rings. The van der Waals surface area contributed by atoms with Crippen LogP contribution in [0.5, 0.6) is 0 Å². The zero-order valence-electron chi connectivity index (χ0n) is 12.0. The second-order valence-electron chi connectivity index (χ2n) is 5.36. The zero-order chi connectivity index (χ0) is 15.5. The number of nitrogens with one attached hydrogen (secondary N) is 1. The highest BCUT2D eigenvalue weighted by Crippen LogP contribution is 2.34. The van der Waals surface area contributed by atoms with Crippen LogP contribution in [-0.4, -0.2) is 37.0 Å². The summed E-state index contributed by atoms with van der Waals surface area (Å²) in [5.41, 5.74) is 1.78. The number of aliphatic hydroxyl groups is 1. The number of para-hydroxylation sites is 1. The van der Waals surface area contributed by atoms with Gasteiger partial charge in [0.2, 0.25) is 0 Å². The SMILES string of the molecule is CCCNC1CCN(CC(O)C(F)(F)F)c2ccccc21. The lowest BCUT2D eigenvalue weighted by molar-refractivity contribution is -0.200. The van der Waals surface area contributed by atoms with Crippen LogP contribution in [0.2, 0.25) is 0 Å². The maximum absolute atomic E-state index is 12.5. The van der Waals surface area contributed by atoms with Crippen molar-refractivity contribution in [2.45, 2.75) is 38.1 Å². The van der Waals surface area contributed by atoms with Gasteiger partial charge >= 0.3 is 6.18 Å². The van der Waals surface area contributed by atoms with Crippen molar-refractivity contribution in [2.75, 3.05) is 24.5 Å². The Morgan fingerprint density at radius 3 is 2.76 bits per heavy atom. The van der Waals surface area contributed by atoms with Crippen LogP contribution < -0.4 is 10.2 Å². The highest BCUT2D eigenvalue weighted by atomic mass is 19.4. The second-order valence-corrected chi connectivity index (χ2v) is 5.36. The molecular weight excluding hydrogens is 281 g/mol. The molecule has 1 aliphatic heterocycles. The Kier molecular flexibility index (Phi) is 5.11. The molecule has 0 spiro atoms. The number of aliphatic hydroxyl groups excluding tert-OH is 1. The van der Waals surface area contributed by atoms with Gasteiger partial charge in [-0.1, -0.05) is 25.1 Å². The van der Waals surface area contributed by atoms with Gasteiger partial charge in [0, 0.05) is 18.3 Å². The number of halogens is 3. The lowest BCUT2D eigenvalue weighted by Crippen LogP contribution is -2.44. The number of hydrogen-bond donors (Lipinski definition) is 2. The van der Waals surface area contributed by atoms with Gasteiger partial charge in [0.15, 0.2) is 6.10 Å². The van der Waals surface area contributed by atoms with Crippen molar-refractivity contribution in [2.24, 2.45) is 0 Å². The average Bonchev–Trinajstić information content (AvgIpc) is 2.45. The second kappa shape index (κ2) is 6.66. The summed E-state index contributed by atoms with van der Waals surface area (Å²) in [7, 11) is 0. The quantitative estimate of drug-likeness (QED) is 0.878. The minimum Gasteiger partial charge on any atom is -0.382 e. The molecule has 0 bridgehead atoms. The van der Waals surface area contributed by atoms with Crippen molar-refractivity contribution >= 4 is 5.69 Å². The first-order valence-electron chi connectivity index (χ1n) is 7.25. The smallest absolute Gasteiger partial charge is 0.382 e. The number of β-amino-alcohol motifs (C(OH)–C–C–N with tert-alkyl or cyclic N) is 1. The molecule has 21 heavy (non-hydrogen) atoms. The fourth-order valence-electron chi connectivity index (χ4n) is 2.66. The lowest BCUT2D eigenvalue weighted by Gasteiger charge is -2.37. The predicted molar refractivity (Wildman–Crippen MR) is 76.4 cm³/mol. The molecule has 118 valence electrons. The third-order valence-electron chi connectivity index (χ3n) is 3.75. The first-order chi connectivity index (χ1) is 9.93. The summed E-state index contributed by atoms with van der Waals surface area (Å²) < 4.78 is 37.6. The standard InChI is InChI=1S/C15H21F3N2O/c1-2-8-19-12-7-9-20(10-14(21)15(16,17)18)13-6-4-3-5-11(12)13/h3-6,12,14,19,21H,2,7-10H2,1H3. The number of fused-ring (bicyclic) bond motifs is 1. The molecular formula is C15H21F3N2O. The minimum absolute atomic E-state index is 0.167. The first-order valence-corrected chi connectivity index (χ1v) is 7.25. The molecule has 2 atom stereocenters. The molecule has 2 N–H and O–H groups in total. The minimum atomic E-state index is -4.58. The number of rotatable bonds is 5. The van der Waals surface area contributed by atoms with Crippen LogP contribution in [0.4, 0.5) is 18.9 Å². The molecule has 0 amide bonds. The van der Waals surface area contributed by atoms with Crippen LogP contribution in [0.1, 0.15) is 31.4 Å². The van der Waals surface area contributed by atoms with E-state index in [2.05, 4.69) is 12.2 Å². The Morgan fingerprint density at radius 2 is 2.10 bits per heavy atom. The number of benzene rings is 1. The summed E-state index contributed by atoms with van der Waals surface area (Å²) in [5.74, 6) is 0. The van der Waals surface area contributed by atoms with Crippen molar-refractivity contribution in [3.8, 4) is 0 Å². The maximum atomic E-state index is 12.5. The van der Waals surface area contributed by atoms with E-state index in [1.165, 1.54) is 0 Å². The molecule has 0 fully saturated rings. The van der Waals surface area contributed by atoms with Gasteiger partial charge in [0.1, 0.15) is 0 Å².